The van der Waals surface area contributed by atoms with Crippen LogP contribution < -0.4 is 15.2 Å². The van der Waals surface area contributed by atoms with Gasteiger partial charge in [0.1, 0.15) is 17.4 Å². The third-order valence-electron chi connectivity index (χ3n) is 8.38. The molecule has 240 valence electrons. The Labute approximate surface area is 271 Å². The zero-order valence-electron chi connectivity index (χ0n) is 25.8. The molecule has 0 unspecified atom stereocenters. The van der Waals surface area contributed by atoms with Crippen LogP contribution in [0.5, 0.6) is 5.75 Å². The van der Waals surface area contributed by atoms with Crippen molar-refractivity contribution in [2.24, 2.45) is 0 Å². The van der Waals surface area contributed by atoms with E-state index in [4.69, 9.17) is 9.72 Å². The first-order valence-electron chi connectivity index (χ1n) is 15.5. The van der Waals surface area contributed by atoms with Crippen LogP contribution in [0.15, 0.2) is 101 Å². The number of halogens is 1. The van der Waals surface area contributed by atoms with Crippen LogP contribution in [0.2, 0.25) is 0 Å². The van der Waals surface area contributed by atoms with E-state index in [9.17, 15) is 17.6 Å². The van der Waals surface area contributed by atoms with Gasteiger partial charge in [0.15, 0.2) is 0 Å². The number of aromatic amines is 1. The van der Waals surface area contributed by atoms with Crippen LogP contribution in [0.1, 0.15) is 18.9 Å². The van der Waals surface area contributed by atoms with Crippen LogP contribution in [-0.4, -0.2) is 65.0 Å². The largest absolute Gasteiger partial charge is 0.493 e. The van der Waals surface area contributed by atoms with Gasteiger partial charge in [0, 0.05) is 32.7 Å². The second-order valence-corrected chi connectivity index (χ2v) is 13.4. The fourth-order valence-electron chi connectivity index (χ4n) is 5.94. The minimum atomic E-state index is -3.93. The van der Waals surface area contributed by atoms with Crippen molar-refractivity contribution in [3.05, 3.63) is 113 Å². The number of H-pyrrole nitrogens is 1. The summed E-state index contributed by atoms with van der Waals surface area (Å²) in [6, 6.07) is 24.6. The molecule has 0 bridgehead atoms. The minimum absolute atomic E-state index is 0.0496. The van der Waals surface area contributed by atoms with E-state index in [0.29, 0.717) is 59.7 Å². The Morgan fingerprint density at radius 3 is 2.45 bits per heavy atom. The number of imidazole rings is 1. The molecule has 0 saturated carbocycles. The maximum absolute atomic E-state index is 14.4. The molecular formula is C35H33FN6O4S. The van der Waals surface area contributed by atoms with Crippen LogP contribution in [-0.2, 0) is 16.6 Å². The average Bonchev–Trinajstić information content (AvgIpc) is 3.48. The molecule has 0 amide bonds. The molecule has 1 N–H and O–H groups in total. The van der Waals surface area contributed by atoms with E-state index in [1.54, 1.807) is 42.7 Å². The number of nitrogens with one attached hydrogen (secondary N) is 1. The van der Waals surface area contributed by atoms with Gasteiger partial charge in [0.25, 0.3) is 5.56 Å². The van der Waals surface area contributed by atoms with E-state index in [1.807, 2.05) is 46.7 Å². The number of ether oxygens (including phenoxy) is 1. The van der Waals surface area contributed by atoms with E-state index in [-0.39, 0.29) is 35.2 Å². The van der Waals surface area contributed by atoms with Crippen LogP contribution in [0.25, 0.3) is 33.3 Å². The van der Waals surface area contributed by atoms with Gasteiger partial charge in [-0.1, -0.05) is 49.4 Å². The highest BCUT2D eigenvalue weighted by molar-refractivity contribution is 7.89. The first kappa shape index (κ1) is 30.6. The van der Waals surface area contributed by atoms with Gasteiger partial charge in [-0.15, -0.1) is 0 Å². The van der Waals surface area contributed by atoms with Gasteiger partial charge in [0.05, 0.1) is 51.0 Å². The Kier molecular flexibility index (Phi) is 8.21. The number of piperazine rings is 1. The van der Waals surface area contributed by atoms with E-state index in [0.717, 1.165) is 17.5 Å². The lowest BCUT2D eigenvalue weighted by Gasteiger charge is -2.35. The summed E-state index contributed by atoms with van der Waals surface area (Å²) in [6.07, 6.45) is 2.48. The van der Waals surface area contributed by atoms with Gasteiger partial charge >= 0.3 is 0 Å². The summed E-state index contributed by atoms with van der Waals surface area (Å²) in [4.78, 5) is 27.6. The lowest BCUT2D eigenvalue weighted by Crippen LogP contribution is -2.48. The molecule has 0 spiro atoms. The zero-order valence-corrected chi connectivity index (χ0v) is 26.6. The smallest absolute Gasteiger partial charge is 0.259 e. The van der Waals surface area contributed by atoms with Crippen LogP contribution in [0.3, 0.4) is 0 Å². The number of sulfonamides is 1. The molecule has 0 radical (unpaired) electrons. The van der Waals surface area contributed by atoms with E-state index in [1.165, 1.54) is 22.5 Å². The predicted molar refractivity (Wildman–Crippen MR) is 180 cm³/mol. The number of hydrogen-bond donors (Lipinski definition) is 1. The quantitative estimate of drug-likeness (QED) is 0.222. The topological polar surface area (TPSA) is 113 Å². The van der Waals surface area contributed by atoms with E-state index >= 15 is 0 Å². The monoisotopic (exact) mass is 652 g/mol. The normalized spacial score (nSPS) is 14.2. The summed E-state index contributed by atoms with van der Waals surface area (Å²) in [7, 11) is -3.93. The number of para-hydroxylation sites is 1. The number of fused-ring (bicyclic) bond motifs is 2. The Morgan fingerprint density at radius 2 is 1.68 bits per heavy atom. The molecule has 4 aromatic carbocycles. The van der Waals surface area contributed by atoms with Crippen molar-refractivity contribution >= 4 is 37.6 Å². The molecule has 47 heavy (non-hydrogen) atoms. The van der Waals surface area contributed by atoms with Gasteiger partial charge in [-0.3, -0.25) is 4.79 Å². The number of nitrogens with zero attached hydrogens (tertiary/aromatic N) is 5. The van der Waals surface area contributed by atoms with Crippen molar-refractivity contribution in [1.82, 2.24) is 23.8 Å². The van der Waals surface area contributed by atoms with Gasteiger partial charge < -0.3 is 19.2 Å². The number of aromatic nitrogens is 4. The standard InChI is InChI=1S/C35H33FN6O4S/c1-2-18-46-33-13-12-25(47(44,45)42-16-14-40(15-17-42)31-11-7-6-10-28(31)36)19-27(33)34-38-29-21-30-32(20-26(29)35(43)39-34)41(23-37-30)22-24-8-4-3-5-9-24/h3-13,19-21,23H,2,14-18,22H2,1H3,(H,38,39,43). The summed E-state index contributed by atoms with van der Waals surface area (Å²) < 4.78 is 51.4. The highest BCUT2D eigenvalue weighted by atomic mass is 32.2. The number of benzene rings is 4. The molecule has 10 nitrogen and oxygen atoms in total. The molecular weight excluding hydrogens is 619 g/mol. The Balaban J connectivity index is 1.22. The van der Waals surface area contributed by atoms with Crippen molar-refractivity contribution in [1.29, 1.82) is 0 Å². The van der Waals surface area contributed by atoms with Crippen LogP contribution in [0.4, 0.5) is 10.1 Å². The van der Waals surface area contributed by atoms with Gasteiger partial charge in [0.2, 0.25) is 10.0 Å². The first-order chi connectivity index (χ1) is 22.8. The Bertz CT molecular complexity index is 2250. The molecule has 1 saturated heterocycles. The highest BCUT2D eigenvalue weighted by Gasteiger charge is 2.30. The molecule has 0 atom stereocenters. The summed E-state index contributed by atoms with van der Waals surface area (Å²) in [5.74, 6) is 0.262. The molecule has 1 aliphatic rings. The van der Waals surface area contributed by atoms with E-state index in [2.05, 4.69) is 9.97 Å². The first-order valence-corrected chi connectivity index (χ1v) is 17.0. The van der Waals surface area contributed by atoms with Crippen molar-refractivity contribution in [2.75, 3.05) is 37.7 Å². The predicted octanol–water partition coefficient (Wildman–Crippen LogP) is 5.43. The van der Waals surface area contributed by atoms with Crippen LogP contribution >= 0.6 is 0 Å². The second-order valence-electron chi connectivity index (χ2n) is 11.5. The molecule has 1 aliphatic heterocycles. The molecule has 3 heterocycles. The SMILES string of the molecule is CCCOc1ccc(S(=O)(=O)N2CCN(c3ccccc3F)CC2)cc1-c1nc2cc3ncn(Cc4ccccc4)c3cc2c(=O)[nH]1. The van der Waals surface area contributed by atoms with E-state index < -0.39 is 10.0 Å². The molecule has 0 aliphatic carbocycles. The second kappa shape index (κ2) is 12.6. The maximum Gasteiger partial charge on any atom is 0.259 e. The molecule has 12 heteroatoms. The van der Waals surface area contributed by atoms with Crippen molar-refractivity contribution < 1.29 is 17.5 Å². The van der Waals surface area contributed by atoms with Crippen molar-refractivity contribution in [2.45, 2.75) is 24.8 Å². The summed E-state index contributed by atoms with van der Waals surface area (Å²) in [5.41, 5.74) is 3.48. The van der Waals surface area contributed by atoms with Crippen LogP contribution in [0, 0.1) is 5.82 Å². The number of rotatable bonds is 9. The lowest BCUT2D eigenvalue weighted by atomic mass is 10.1. The summed E-state index contributed by atoms with van der Waals surface area (Å²) in [6.45, 7) is 4.05. The molecule has 1 fully saturated rings. The maximum atomic E-state index is 14.4. The molecule has 6 aromatic rings. The molecule has 7 rings (SSSR count). The van der Waals surface area contributed by atoms with Crippen molar-refractivity contribution in [3.8, 4) is 17.1 Å². The zero-order chi connectivity index (χ0) is 32.5. The average molecular weight is 653 g/mol. The van der Waals surface area contributed by atoms with Crippen molar-refractivity contribution in [3.63, 3.8) is 0 Å². The fourth-order valence-corrected chi connectivity index (χ4v) is 7.39. The van der Waals surface area contributed by atoms with Gasteiger partial charge in [-0.05, 0) is 54.4 Å². The van der Waals surface area contributed by atoms with Gasteiger partial charge in [-0.25, -0.2) is 22.8 Å². The summed E-state index contributed by atoms with van der Waals surface area (Å²) in [5, 5.41) is 0.392. The molecule has 2 aromatic heterocycles. The third kappa shape index (κ3) is 5.97. The fraction of sp³-hybridized carbons (Fsp3) is 0.229. The highest BCUT2D eigenvalue weighted by Crippen LogP contribution is 2.33. The number of anilines is 1. The van der Waals surface area contributed by atoms with Gasteiger partial charge in [-0.2, -0.15) is 4.31 Å². The lowest BCUT2D eigenvalue weighted by molar-refractivity contribution is 0.318. The number of hydrogen-bond acceptors (Lipinski definition) is 7. The third-order valence-corrected chi connectivity index (χ3v) is 10.3. The summed E-state index contributed by atoms with van der Waals surface area (Å²) >= 11 is 0. The minimum Gasteiger partial charge on any atom is -0.493 e. The Morgan fingerprint density at radius 1 is 0.915 bits per heavy atom. The Hall–Kier alpha value is -5.07.